The van der Waals surface area contributed by atoms with Crippen molar-refractivity contribution in [3.05, 3.63) is 87.6 Å². The highest BCUT2D eigenvalue weighted by atomic mass is 32.1. The molecule has 0 aliphatic rings. The Morgan fingerprint density at radius 2 is 1.69 bits per heavy atom. The fourth-order valence-electron chi connectivity index (χ4n) is 3.24. The van der Waals surface area contributed by atoms with Crippen molar-refractivity contribution in [2.45, 2.75) is 38.8 Å². The van der Waals surface area contributed by atoms with Gasteiger partial charge in [0.1, 0.15) is 12.1 Å². The summed E-state index contributed by atoms with van der Waals surface area (Å²) in [6, 6.07) is 21.7. The highest BCUT2D eigenvalue weighted by Crippen LogP contribution is 2.25. The van der Waals surface area contributed by atoms with Gasteiger partial charge in [-0.25, -0.2) is 0 Å². The molecule has 0 radical (unpaired) electrons. The number of carbonyl (C=O) groups excluding carboxylic acids is 1. The summed E-state index contributed by atoms with van der Waals surface area (Å²) >= 11 is 1.69. The molecule has 0 saturated carbocycles. The van der Waals surface area contributed by atoms with E-state index in [1.54, 1.807) is 29.5 Å². The minimum absolute atomic E-state index is 0.0446. The smallest absolute Gasteiger partial charge is 0.282 e. The van der Waals surface area contributed by atoms with Gasteiger partial charge in [0.05, 0.1) is 16.1 Å². The molecule has 4 nitrogen and oxygen atoms in total. The van der Waals surface area contributed by atoms with Gasteiger partial charge in [-0.1, -0.05) is 56.3 Å². The Labute approximate surface area is 176 Å². The first-order chi connectivity index (χ1) is 14.0. The summed E-state index contributed by atoms with van der Waals surface area (Å²) < 4.78 is 0. The molecule has 0 bridgehead atoms. The molecular formula is C24H26N3OS+. The van der Waals surface area contributed by atoms with Crippen molar-refractivity contribution >= 4 is 22.9 Å². The van der Waals surface area contributed by atoms with Crippen LogP contribution < -0.4 is 10.6 Å². The summed E-state index contributed by atoms with van der Waals surface area (Å²) in [7, 11) is 0. The van der Waals surface area contributed by atoms with Gasteiger partial charge in [0.2, 0.25) is 0 Å². The number of hydrogen-bond donors (Lipinski definition) is 2. The molecule has 0 fully saturated rings. The van der Waals surface area contributed by atoms with Crippen LogP contribution in [0.15, 0.2) is 66.0 Å². The number of nitriles is 1. The molecule has 0 aliphatic heterocycles. The summed E-state index contributed by atoms with van der Waals surface area (Å²) in [6.45, 7) is 6.26. The predicted molar refractivity (Wildman–Crippen MR) is 118 cm³/mol. The summed E-state index contributed by atoms with van der Waals surface area (Å²) in [6.07, 6.45) is 0. The normalized spacial score (nSPS) is 12.9. The van der Waals surface area contributed by atoms with Crippen LogP contribution in [0.4, 0.5) is 5.69 Å². The van der Waals surface area contributed by atoms with Gasteiger partial charge in [-0.05, 0) is 42.0 Å². The first kappa shape index (κ1) is 20.8. The van der Waals surface area contributed by atoms with Gasteiger partial charge in [0, 0.05) is 5.56 Å². The number of thiophene rings is 1. The van der Waals surface area contributed by atoms with Crippen molar-refractivity contribution in [3.8, 4) is 6.07 Å². The lowest BCUT2D eigenvalue weighted by Crippen LogP contribution is -2.92. The second-order valence-electron chi connectivity index (χ2n) is 7.44. The van der Waals surface area contributed by atoms with Crippen LogP contribution in [-0.2, 0) is 4.79 Å². The van der Waals surface area contributed by atoms with Gasteiger partial charge in [-0.15, -0.1) is 11.3 Å². The Kier molecular flexibility index (Phi) is 6.82. The van der Waals surface area contributed by atoms with Crippen molar-refractivity contribution in [2.24, 2.45) is 0 Å². The van der Waals surface area contributed by atoms with E-state index in [1.807, 2.05) is 19.1 Å². The molecule has 29 heavy (non-hydrogen) atoms. The fourth-order valence-corrected chi connectivity index (χ4v) is 4.07. The van der Waals surface area contributed by atoms with E-state index in [0.717, 1.165) is 0 Å². The molecule has 0 aliphatic carbocycles. The van der Waals surface area contributed by atoms with Crippen LogP contribution in [0.1, 0.15) is 54.3 Å². The van der Waals surface area contributed by atoms with E-state index >= 15 is 0 Å². The zero-order valence-electron chi connectivity index (χ0n) is 16.9. The highest BCUT2D eigenvalue weighted by Gasteiger charge is 2.26. The second-order valence-corrected chi connectivity index (χ2v) is 8.42. The third-order valence-corrected chi connectivity index (χ3v) is 5.97. The molecule has 1 amide bonds. The maximum atomic E-state index is 12.8. The quantitative estimate of drug-likeness (QED) is 0.612. The van der Waals surface area contributed by atoms with Gasteiger partial charge in [0.25, 0.3) is 5.91 Å². The molecule has 0 spiro atoms. The first-order valence-electron chi connectivity index (χ1n) is 9.78. The number of nitrogens with one attached hydrogen (secondary N) is 1. The zero-order valence-corrected chi connectivity index (χ0v) is 17.7. The van der Waals surface area contributed by atoms with Crippen molar-refractivity contribution < 1.29 is 10.1 Å². The number of carbonyl (C=O) groups is 1. The summed E-state index contributed by atoms with van der Waals surface area (Å²) in [4.78, 5) is 14.0. The number of para-hydroxylation sites is 1. The number of nitrogens with two attached hydrogens (primary N) is 1. The number of nitrogens with zero attached hydrogens (tertiary/aromatic N) is 1. The highest BCUT2D eigenvalue weighted by molar-refractivity contribution is 7.10. The predicted octanol–water partition coefficient (Wildman–Crippen LogP) is 4.42. The zero-order chi connectivity index (χ0) is 20.8. The molecule has 2 atom stereocenters. The van der Waals surface area contributed by atoms with Crippen LogP contribution >= 0.6 is 11.3 Å². The van der Waals surface area contributed by atoms with Crippen molar-refractivity contribution in [2.75, 3.05) is 5.32 Å². The van der Waals surface area contributed by atoms with Crippen molar-refractivity contribution in [1.82, 2.24) is 0 Å². The first-order valence-corrected chi connectivity index (χ1v) is 10.7. The van der Waals surface area contributed by atoms with E-state index in [1.165, 1.54) is 16.0 Å². The summed E-state index contributed by atoms with van der Waals surface area (Å²) in [5, 5.41) is 16.3. The maximum Gasteiger partial charge on any atom is 0.282 e. The number of amides is 1. The molecule has 1 aromatic heterocycles. The second kappa shape index (κ2) is 9.51. The number of anilines is 1. The minimum atomic E-state index is -0.321. The van der Waals surface area contributed by atoms with Crippen LogP contribution in [0, 0.1) is 11.3 Å². The Balaban J connectivity index is 1.79. The van der Waals surface area contributed by atoms with Crippen LogP contribution in [0.3, 0.4) is 0 Å². The standard InChI is InChI=1S/C24H25N3OS/c1-16(2)18-10-12-19(13-11-18)23(22-9-6-14-29-22)26-17(3)24(28)27-21-8-5-4-7-20(21)15-25/h4-14,16-17,23,26H,1-3H3,(H,27,28)/p+1/t17-,23+/m1/s1. The molecule has 0 unspecified atom stereocenters. The molecule has 5 heteroatoms. The Hall–Kier alpha value is -2.94. The van der Waals surface area contributed by atoms with Crippen LogP contribution in [0.2, 0.25) is 0 Å². The number of quaternary nitrogens is 1. The van der Waals surface area contributed by atoms with E-state index < -0.39 is 0 Å². The lowest BCUT2D eigenvalue weighted by atomic mass is 9.98. The molecule has 2 aromatic carbocycles. The van der Waals surface area contributed by atoms with Crippen LogP contribution in [-0.4, -0.2) is 11.9 Å². The number of hydrogen-bond acceptors (Lipinski definition) is 3. The lowest BCUT2D eigenvalue weighted by Gasteiger charge is -2.20. The Morgan fingerprint density at radius 1 is 1.00 bits per heavy atom. The van der Waals surface area contributed by atoms with Gasteiger partial charge in [-0.3, -0.25) is 4.79 Å². The number of benzene rings is 2. The summed E-state index contributed by atoms with van der Waals surface area (Å²) in [5.74, 6) is 0.367. The van der Waals surface area contributed by atoms with Crippen molar-refractivity contribution in [1.29, 1.82) is 5.26 Å². The van der Waals surface area contributed by atoms with E-state index in [2.05, 4.69) is 66.3 Å². The molecule has 148 valence electrons. The third kappa shape index (κ3) is 5.11. The Morgan fingerprint density at radius 3 is 2.31 bits per heavy atom. The molecule has 3 rings (SSSR count). The van der Waals surface area contributed by atoms with E-state index in [4.69, 9.17) is 0 Å². The summed E-state index contributed by atoms with van der Waals surface area (Å²) in [5.41, 5.74) is 3.49. The van der Waals surface area contributed by atoms with E-state index in [-0.39, 0.29) is 18.0 Å². The third-order valence-electron chi connectivity index (χ3n) is 5.01. The SMILES string of the molecule is CC(C)c1ccc([C@H]([NH2+][C@H](C)C(=O)Nc2ccccc2C#N)c2cccs2)cc1. The van der Waals surface area contributed by atoms with Gasteiger partial charge in [-0.2, -0.15) is 5.26 Å². The largest absolute Gasteiger partial charge is 0.326 e. The average Bonchev–Trinajstić information content (AvgIpc) is 3.26. The molecule has 0 saturated heterocycles. The van der Waals surface area contributed by atoms with Gasteiger partial charge in [0.15, 0.2) is 6.04 Å². The Bertz CT molecular complexity index is 988. The van der Waals surface area contributed by atoms with E-state index in [9.17, 15) is 10.1 Å². The van der Waals surface area contributed by atoms with Gasteiger partial charge < -0.3 is 10.6 Å². The molecule has 3 N–H and O–H groups in total. The fraction of sp³-hybridized carbons (Fsp3) is 0.250. The topological polar surface area (TPSA) is 69.5 Å². The lowest BCUT2D eigenvalue weighted by molar-refractivity contribution is -0.703. The van der Waals surface area contributed by atoms with Crippen LogP contribution in [0.5, 0.6) is 0 Å². The maximum absolute atomic E-state index is 12.8. The molecule has 3 aromatic rings. The average molecular weight is 405 g/mol. The van der Waals surface area contributed by atoms with Crippen LogP contribution in [0.25, 0.3) is 0 Å². The van der Waals surface area contributed by atoms with Gasteiger partial charge >= 0.3 is 0 Å². The monoisotopic (exact) mass is 404 g/mol. The minimum Gasteiger partial charge on any atom is -0.326 e. The van der Waals surface area contributed by atoms with Crippen molar-refractivity contribution in [3.63, 3.8) is 0 Å². The van der Waals surface area contributed by atoms with E-state index in [0.29, 0.717) is 17.2 Å². The molecule has 1 heterocycles. The number of rotatable bonds is 7. The molecular weight excluding hydrogens is 378 g/mol.